The molecular formula is C18H21NO4. The Morgan fingerprint density at radius 1 is 1.00 bits per heavy atom. The quantitative estimate of drug-likeness (QED) is 0.442. The maximum Gasteiger partial charge on any atom is 0.513 e. The Labute approximate surface area is 136 Å². The normalized spacial score (nSPS) is 10.0. The minimum atomic E-state index is -0.737. The van der Waals surface area contributed by atoms with Crippen LogP contribution in [0.25, 0.3) is 0 Å². The van der Waals surface area contributed by atoms with Crippen molar-refractivity contribution in [3.8, 4) is 11.5 Å². The molecule has 0 aliphatic rings. The largest absolute Gasteiger partial charge is 0.513 e. The topological polar surface area (TPSA) is 48.0 Å². The van der Waals surface area contributed by atoms with Gasteiger partial charge in [-0.1, -0.05) is 24.3 Å². The summed E-state index contributed by atoms with van der Waals surface area (Å²) in [5.74, 6) is 1.19. The van der Waals surface area contributed by atoms with Crippen molar-refractivity contribution < 1.29 is 19.0 Å². The van der Waals surface area contributed by atoms with E-state index in [0.29, 0.717) is 5.75 Å². The average Bonchev–Trinajstić information content (AvgIpc) is 2.59. The van der Waals surface area contributed by atoms with Crippen LogP contribution < -0.4 is 14.4 Å². The van der Waals surface area contributed by atoms with Gasteiger partial charge in [0.25, 0.3) is 0 Å². The summed E-state index contributed by atoms with van der Waals surface area (Å²) in [4.78, 5) is 13.6. The molecule has 2 aromatic rings. The van der Waals surface area contributed by atoms with Gasteiger partial charge in [0.05, 0.1) is 0 Å². The van der Waals surface area contributed by atoms with E-state index in [1.807, 2.05) is 37.4 Å². The van der Waals surface area contributed by atoms with Crippen LogP contribution >= 0.6 is 0 Å². The van der Waals surface area contributed by atoms with Gasteiger partial charge in [-0.15, -0.1) is 0 Å². The van der Waals surface area contributed by atoms with E-state index in [0.717, 1.165) is 18.0 Å². The molecule has 23 heavy (non-hydrogen) atoms. The van der Waals surface area contributed by atoms with Crippen LogP contribution in [0, 0.1) is 0 Å². The summed E-state index contributed by atoms with van der Waals surface area (Å²) in [5, 5.41) is 0. The predicted octanol–water partition coefficient (Wildman–Crippen LogP) is 3.74. The minimum absolute atomic E-state index is 0.125. The van der Waals surface area contributed by atoms with Crippen molar-refractivity contribution in [3.63, 3.8) is 0 Å². The summed E-state index contributed by atoms with van der Waals surface area (Å²) in [6.07, 6.45) is -0.737. The van der Waals surface area contributed by atoms with Gasteiger partial charge >= 0.3 is 6.16 Å². The molecule has 122 valence electrons. The van der Waals surface area contributed by atoms with Crippen molar-refractivity contribution in [2.45, 2.75) is 6.92 Å². The van der Waals surface area contributed by atoms with Gasteiger partial charge in [0.2, 0.25) is 0 Å². The Morgan fingerprint density at radius 3 is 2.48 bits per heavy atom. The van der Waals surface area contributed by atoms with Gasteiger partial charge < -0.3 is 19.1 Å². The predicted molar refractivity (Wildman–Crippen MR) is 89.3 cm³/mol. The van der Waals surface area contributed by atoms with Crippen LogP contribution in [-0.2, 0) is 4.74 Å². The number of nitrogens with zero attached hydrogens (tertiary/aromatic N) is 1. The lowest BCUT2D eigenvalue weighted by molar-refractivity contribution is 0.0848. The minimum Gasteiger partial charge on any atom is -0.490 e. The molecule has 2 aromatic carbocycles. The van der Waals surface area contributed by atoms with Crippen LogP contribution in [0.1, 0.15) is 6.92 Å². The second kappa shape index (κ2) is 8.68. The fourth-order valence-electron chi connectivity index (χ4n) is 1.89. The van der Waals surface area contributed by atoms with Crippen molar-refractivity contribution in [2.24, 2.45) is 0 Å². The second-order valence-electron chi connectivity index (χ2n) is 4.87. The van der Waals surface area contributed by atoms with Crippen molar-refractivity contribution in [2.75, 3.05) is 31.7 Å². The first-order valence-corrected chi connectivity index (χ1v) is 7.52. The molecule has 0 aliphatic carbocycles. The molecule has 2 rings (SSSR count). The lowest BCUT2D eigenvalue weighted by Gasteiger charge is -2.17. The third-order valence-corrected chi connectivity index (χ3v) is 3.25. The molecule has 0 saturated heterocycles. The van der Waals surface area contributed by atoms with Crippen molar-refractivity contribution >= 4 is 11.8 Å². The monoisotopic (exact) mass is 315 g/mol. The first kappa shape index (κ1) is 16.7. The number of carbonyl (C=O) groups excluding carboxylic acids is 1. The van der Waals surface area contributed by atoms with E-state index in [1.165, 1.54) is 0 Å². The molecule has 0 aromatic heterocycles. The zero-order valence-corrected chi connectivity index (χ0v) is 13.4. The SMILES string of the molecule is CCN(C)c1cccc(OCCOC(=O)Oc2ccccc2)c1. The Bertz CT molecular complexity index is 615. The molecule has 0 fully saturated rings. The summed E-state index contributed by atoms with van der Waals surface area (Å²) in [7, 11) is 2.02. The molecule has 0 aliphatic heterocycles. The molecule has 0 N–H and O–H groups in total. The van der Waals surface area contributed by atoms with Crippen molar-refractivity contribution in [1.82, 2.24) is 0 Å². The molecule has 0 saturated carbocycles. The van der Waals surface area contributed by atoms with E-state index < -0.39 is 6.16 Å². The molecule has 5 nitrogen and oxygen atoms in total. The summed E-state index contributed by atoms with van der Waals surface area (Å²) in [5.41, 5.74) is 1.08. The van der Waals surface area contributed by atoms with Crippen molar-refractivity contribution in [3.05, 3.63) is 54.6 Å². The number of ether oxygens (including phenoxy) is 3. The molecule has 0 radical (unpaired) electrons. The number of carbonyl (C=O) groups is 1. The highest BCUT2D eigenvalue weighted by molar-refractivity contribution is 5.63. The summed E-state index contributed by atoms with van der Waals surface area (Å²) >= 11 is 0. The van der Waals surface area contributed by atoms with Gasteiger partial charge in [-0.05, 0) is 31.2 Å². The van der Waals surface area contributed by atoms with Crippen LogP contribution in [0.2, 0.25) is 0 Å². The van der Waals surface area contributed by atoms with Crippen LogP contribution in [0.15, 0.2) is 54.6 Å². The van der Waals surface area contributed by atoms with Crippen LogP contribution in [0.3, 0.4) is 0 Å². The fraction of sp³-hybridized carbons (Fsp3) is 0.278. The average molecular weight is 315 g/mol. The number of benzene rings is 2. The summed E-state index contributed by atoms with van der Waals surface area (Å²) < 4.78 is 15.6. The molecule has 0 spiro atoms. The zero-order valence-electron chi connectivity index (χ0n) is 13.4. The lowest BCUT2D eigenvalue weighted by atomic mass is 10.3. The number of para-hydroxylation sites is 1. The van der Waals surface area contributed by atoms with Gasteiger partial charge in [0.1, 0.15) is 24.7 Å². The highest BCUT2D eigenvalue weighted by Crippen LogP contribution is 2.20. The highest BCUT2D eigenvalue weighted by atomic mass is 16.7. The molecule has 0 amide bonds. The van der Waals surface area contributed by atoms with Gasteiger partial charge in [-0.25, -0.2) is 4.79 Å². The van der Waals surface area contributed by atoms with Gasteiger partial charge in [0, 0.05) is 25.3 Å². The number of rotatable bonds is 7. The maximum absolute atomic E-state index is 11.5. The third kappa shape index (κ3) is 5.54. The van der Waals surface area contributed by atoms with E-state index in [2.05, 4.69) is 11.8 Å². The number of hydrogen-bond donors (Lipinski definition) is 0. The molecule has 0 unspecified atom stereocenters. The van der Waals surface area contributed by atoms with Gasteiger partial charge in [-0.2, -0.15) is 0 Å². The lowest BCUT2D eigenvalue weighted by Crippen LogP contribution is -2.16. The smallest absolute Gasteiger partial charge is 0.490 e. The van der Waals surface area contributed by atoms with Gasteiger partial charge in [0.15, 0.2) is 0 Å². The molecular weight excluding hydrogens is 294 g/mol. The molecule has 0 heterocycles. The third-order valence-electron chi connectivity index (χ3n) is 3.25. The van der Waals surface area contributed by atoms with E-state index in [1.54, 1.807) is 24.3 Å². The first-order chi connectivity index (χ1) is 11.2. The van der Waals surface area contributed by atoms with Crippen LogP contribution in [0.4, 0.5) is 10.5 Å². The zero-order chi connectivity index (χ0) is 16.5. The molecule has 0 bridgehead atoms. The molecule has 5 heteroatoms. The van der Waals surface area contributed by atoms with Crippen LogP contribution in [0.5, 0.6) is 11.5 Å². The Hall–Kier alpha value is -2.69. The molecule has 0 atom stereocenters. The van der Waals surface area contributed by atoms with Crippen LogP contribution in [-0.4, -0.2) is 33.0 Å². The summed E-state index contributed by atoms with van der Waals surface area (Å²) in [6, 6.07) is 16.6. The van der Waals surface area contributed by atoms with E-state index in [4.69, 9.17) is 14.2 Å². The van der Waals surface area contributed by atoms with Gasteiger partial charge in [-0.3, -0.25) is 0 Å². The highest BCUT2D eigenvalue weighted by Gasteiger charge is 2.06. The summed E-state index contributed by atoms with van der Waals surface area (Å²) in [6.45, 7) is 3.39. The second-order valence-corrected chi connectivity index (χ2v) is 4.87. The van der Waals surface area contributed by atoms with E-state index in [-0.39, 0.29) is 13.2 Å². The Balaban J connectivity index is 1.72. The Kier molecular flexibility index (Phi) is 6.29. The first-order valence-electron chi connectivity index (χ1n) is 7.52. The van der Waals surface area contributed by atoms with E-state index >= 15 is 0 Å². The number of hydrogen-bond acceptors (Lipinski definition) is 5. The van der Waals surface area contributed by atoms with Crippen molar-refractivity contribution in [1.29, 1.82) is 0 Å². The maximum atomic E-state index is 11.5. The fourth-order valence-corrected chi connectivity index (χ4v) is 1.89. The standard InChI is InChI=1S/C18H21NO4/c1-3-19(2)15-8-7-11-17(14-15)21-12-13-22-18(20)23-16-9-5-4-6-10-16/h4-11,14H,3,12-13H2,1-2H3. The van der Waals surface area contributed by atoms with E-state index in [9.17, 15) is 4.79 Å². The number of anilines is 1. The Morgan fingerprint density at radius 2 is 1.74 bits per heavy atom.